The van der Waals surface area contributed by atoms with E-state index >= 15 is 0 Å². The molecular formula is C18H14ClNO4. The third kappa shape index (κ3) is 3.76. The number of aliphatic hydroxyl groups excluding tert-OH is 1. The van der Waals surface area contributed by atoms with Crippen LogP contribution in [0.15, 0.2) is 63.6 Å². The molecule has 122 valence electrons. The molecule has 0 saturated heterocycles. The Hall–Kier alpha value is -2.76. The van der Waals surface area contributed by atoms with Gasteiger partial charge >= 0.3 is 0 Å². The van der Waals surface area contributed by atoms with Gasteiger partial charge in [0.2, 0.25) is 5.91 Å². The fourth-order valence-corrected chi connectivity index (χ4v) is 2.28. The molecule has 0 aliphatic carbocycles. The van der Waals surface area contributed by atoms with Crippen LogP contribution in [-0.2, 0) is 11.4 Å². The van der Waals surface area contributed by atoms with E-state index in [1.807, 2.05) is 0 Å². The van der Waals surface area contributed by atoms with Crippen LogP contribution in [-0.4, -0.2) is 11.0 Å². The number of carbonyl (C=O) groups is 1. The van der Waals surface area contributed by atoms with Crippen molar-refractivity contribution in [2.24, 2.45) is 0 Å². The zero-order valence-electron chi connectivity index (χ0n) is 12.5. The number of furan rings is 2. The zero-order chi connectivity index (χ0) is 16.9. The summed E-state index contributed by atoms with van der Waals surface area (Å²) in [6.07, 6.45) is 4.45. The molecule has 2 N–H and O–H groups in total. The van der Waals surface area contributed by atoms with E-state index in [0.29, 0.717) is 28.0 Å². The second kappa shape index (κ2) is 7.21. The summed E-state index contributed by atoms with van der Waals surface area (Å²) >= 11 is 6.13. The van der Waals surface area contributed by atoms with Crippen LogP contribution in [0.5, 0.6) is 0 Å². The minimum Gasteiger partial charge on any atom is -0.465 e. The average molecular weight is 344 g/mol. The van der Waals surface area contributed by atoms with E-state index in [-0.39, 0.29) is 12.5 Å². The Morgan fingerprint density at radius 2 is 2.12 bits per heavy atom. The van der Waals surface area contributed by atoms with Gasteiger partial charge in [-0.05, 0) is 48.5 Å². The van der Waals surface area contributed by atoms with E-state index in [4.69, 9.17) is 25.5 Å². The van der Waals surface area contributed by atoms with Crippen molar-refractivity contribution < 1.29 is 18.7 Å². The van der Waals surface area contributed by atoms with Crippen LogP contribution in [0.3, 0.4) is 0 Å². The summed E-state index contributed by atoms with van der Waals surface area (Å²) in [5, 5.41) is 12.2. The maximum absolute atomic E-state index is 12.0. The van der Waals surface area contributed by atoms with Crippen molar-refractivity contribution >= 4 is 29.3 Å². The van der Waals surface area contributed by atoms with Crippen molar-refractivity contribution in [3.05, 3.63) is 71.3 Å². The van der Waals surface area contributed by atoms with E-state index in [0.717, 1.165) is 5.56 Å². The molecular weight excluding hydrogens is 330 g/mol. The number of hydrogen-bond acceptors (Lipinski definition) is 4. The van der Waals surface area contributed by atoms with Gasteiger partial charge in [0.05, 0.1) is 17.0 Å². The lowest BCUT2D eigenvalue weighted by atomic mass is 10.1. The predicted octanol–water partition coefficient (Wildman–Crippen LogP) is 4.34. The molecule has 2 aromatic heterocycles. The average Bonchev–Trinajstić information content (AvgIpc) is 3.26. The van der Waals surface area contributed by atoms with Gasteiger partial charge in [-0.1, -0.05) is 11.6 Å². The summed E-state index contributed by atoms with van der Waals surface area (Å²) in [6.45, 7) is -0.172. The monoisotopic (exact) mass is 343 g/mol. The number of rotatable bonds is 5. The van der Waals surface area contributed by atoms with Gasteiger partial charge in [0, 0.05) is 11.6 Å². The van der Waals surface area contributed by atoms with Crippen molar-refractivity contribution in [3.8, 4) is 11.3 Å². The molecule has 0 radical (unpaired) electrons. The highest BCUT2D eigenvalue weighted by Crippen LogP contribution is 2.30. The van der Waals surface area contributed by atoms with E-state index in [1.165, 1.54) is 12.3 Å². The molecule has 0 saturated carbocycles. The van der Waals surface area contributed by atoms with Crippen molar-refractivity contribution in [1.29, 1.82) is 0 Å². The van der Waals surface area contributed by atoms with Gasteiger partial charge in [-0.25, -0.2) is 0 Å². The second-order valence-electron chi connectivity index (χ2n) is 4.96. The Morgan fingerprint density at radius 3 is 2.83 bits per heavy atom. The number of benzene rings is 1. The molecule has 1 amide bonds. The summed E-state index contributed by atoms with van der Waals surface area (Å²) in [5.74, 6) is 1.29. The van der Waals surface area contributed by atoms with Crippen molar-refractivity contribution in [2.45, 2.75) is 6.61 Å². The lowest BCUT2D eigenvalue weighted by Gasteiger charge is -2.07. The molecule has 1 aromatic carbocycles. The van der Waals surface area contributed by atoms with Gasteiger partial charge in [-0.15, -0.1) is 0 Å². The topological polar surface area (TPSA) is 75.6 Å². The van der Waals surface area contributed by atoms with E-state index in [9.17, 15) is 4.79 Å². The fourth-order valence-electron chi connectivity index (χ4n) is 2.11. The zero-order valence-corrected chi connectivity index (χ0v) is 13.3. The smallest absolute Gasteiger partial charge is 0.248 e. The Bertz CT molecular complexity index is 865. The highest BCUT2D eigenvalue weighted by Gasteiger charge is 2.09. The maximum atomic E-state index is 12.0. The molecule has 0 atom stereocenters. The minimum absolute atomic E-state index is 0.172. The molecule has 0 aliphatic rings. The van der Waals surface area contributed by atoms with Crippen LogP contribution in [0.1, 0.15) is 11.5 Å². The Kier molecular flexibility index (Phi) is 4.84. The summed E-state index contributed by atoms with van der Waals surface area (Å²) in [4.78, 5) is 12.0. The van der Waals surface area contributed by atoms with Crippen molar-refractivity contribution in [3.63, 3.8) is 0 Å². The van der Waals surface area contributed by atoms with E-state index in [2.05, 4.69) is 5.32 Å². The van der Waals surface area contributed by atoms with Crippen LogP contribution in [0.2, 0.25) is 5.02 Å². The molecule has 3 aromatic rings. The first-order valence-electron chi connectivity index (χ1n) is 7.18. The van der Waals surface area contributed by atoms with Gasteiger partial charge in [-0.2, -0.15) is 0 Å². The maximum Gasteiger partial charge on any atom is 0.248 e. The molecule has 0 unspecified atom stereocenters. The van der Waals surface area contributed by atoms with Crippen LogP contribution in [0.4, 0.5) is 5.69 Å². The largest absolute Gasteiger partial charge is 0.465 e. The lowest BCUT2D eigenvalue weighted by molar-refractivity contribution is -0.111. The van der Waals surface area contributed by atoms with Gasteiger partial charge < -0.3 is 19.3 Å². The fraction of sp³-hybridized carbons (Fsp3) is 0.0556. The van der Waals surface area contributed by atoms with Gasteiger partial charge in [0.25, 0.3) is 0 Å². The third-order valence-electron chi connectivity index (χ3n) is 3.27. The van der Waals surface area contributed by atoms with Crippen LogP contribution < -0.4 is 5.32 Å². The van der Waals surface area contributed by atoms with Crippen LogP contribution in [0.25, 0.3) is 17.4 Å². The third-order valence-corrected chi connectivity index (χ3v) is 3.60. The first kappa shape index (κ1) is 16.1. The Balaban J connectivity index is 1.77. The summed E-state index contributed by atoms with van der Waals surface area (Å²) < 4.78 is 10.6. The number of halogens is 1. The van der Waals surface area contributed by atoms with Gasteiger partial charge in [0.1, 0.15) is 23.9 Å². The highest BCUT2D eigenvalue weighted by molar-refractivity contribution is 6.34. The molecule has 0 bridgehead atoms. The lowest BCUT2D eigenvalue weighted by Crippen LogP contribution is -2.08. The SMILES string of the molecule is O=C(/C=C/c1ccco1)Nc1cc(-c2ccc(CO)o2)ccc1Cl. The van der Waals surface area contributed by atoms with E-state index < -0.39 is 0 Å². The molecule has 2 heterocycles. The normalized spacial score (nSPS) is 11.1. The number of anilines is 1. The standard InChI is InChI=1S/C18H14ClNO4/c19-15-6-3-12(17-7-4-14(11-21)24-17)10-16(15)20-18(22)8-5-13-2-1-9-23-13/h1-10,21H,11H2,(H,20,22)/b8-5+. The second-order valence-corrected chi connectivity index (χ2v) is 5.36. The number of hydrogen-bond donors (Lipinski definition) is 2. The number of amides is 1. The molecule has 0 aliphatic heterocycles. The summed E-state index contributed by atoms with van der Waals surface area (Å²) in [7, 11) is 0. The quantitative estimate of drug-likeness (QED) is 0.676. The van der Waals surface area contributed by atoms with Crippen LogP contribution >= 0.6 is 11.6 Å². The molecule has 6 heteroatoms. The van der Waals surface area contributed by atoms with Gasteiger partial charge in [-0.3, -0.25) is 4.79 Å². The summed E-state index contributed by atoms with van der Waals surface area (Å²) in [6, 6.07) is 12.1. The van der Waals surface area contributed by atoms with Gasteiger partial charge in [0.15, 0.2) is 0 Å². The molecule has 0 spiro atoms. The molecule has 3 rings (SSSR count). The van der Waals surface area contributed by atoms with Crippen molar-refractivity contribution in [2.75, 3.05) is 5.32 Å². The minimum atomic E-state index is -0.332. The Labute approximate surface area is 143 Å². The number of nitrogens with one attached hydrogen (secondary N) is 1. The molecule has 0 fully saturated rings. The molecule has 24 heavy (non-hydrogen) atoms. The van der Waals surface area contributed by atoms with Crippen molar-refractivity contribution in [1.82, 2.24) is 0 Å². The summed E-state index contributed by atoms with van der Waals surface area (Å²) in [5.41, 5.74) is 1.20. The number of aliphatic hydroxyl groups is 1. The highest BCUT2D eigenvalue weighted by atomic mass is 35.5. The molecule has 5 nitrogen and oxygen atoms in total. The van der Waals surface area contributed by atoms with E-state index in [1.54, 1.807) is 48.5 Å². The first-order valence-corrected chi connectivity index (χ1v) is 7.55. The number of carbonyl (C=O) groups excluding carboxylic acids is 1. The predicted molar refractivity (Wildman–Crippen MR) is 91.4 cm³/mol. The first-order chi connectivity index (χ1) is 11.7. The van der Waals surface area contributed by atoms with Crippen LogP contribution in [0, 0.1) is 0 Å². The Morgan fingerprint density at radius 1 is 1.25 bits per heavy atom.